The summed E-state index contributed by atoms with van der Waals surface area (Å²) < 4.78 is 0. The van der Waals surface area contributed by atoms with Gasteiger partial charge in [0.15, 0.2) is 5.82 Å². The maximum absolute atomic E-state index is 4.31. The molecule has 2 rings (SSSR count). The van der Waals surface area contributed by atoms with E-state index in [1.165, 1.54) is 11.1 Å². The Morgan fingerprint density at radius 1 is 1.26 bits per heavy atom. The lowest BCUT2D eigenvalue weighted by atomic mass is 10.1. The smallest absolute Gasteiger partial charge is 0.244 e. The Hall–Kier alpha value is -2.43. The molecule has 0 saturated carbocycles. The minimum Gasteiger partial charge on any atom is -0.349 e. The van der Waals surface area contributed by atoms with Crippen molar-refractivity contribution >= 4 is 17.5 Å². The van der Waals surface area contributed by atoms with E-state index in [9.17, 15) is 0 Å². The molecule has 0 atom stereocenters. The van der Waals surface area contributed by atoms with Crippen LogP contribution in [-0.2, 0) is 0 Å². The highest BCUT2D eigenvalue weighted by atomic mass is 15.3. The Kier molecular flexibility index (Phi) is 4.07. The van der Waals surface area contributed by atoms with E-state index in [0.717, 1.165) is 5.69 Å². The average molecular weight is 255 g/mol. The molecule has 5 heteroatoms. The van der Waals surface area contributed by atoms with E-state index in [4.69, 9.17) is 0 Å². The summed E-state index contributed by atoms with van der Waals surface area (Å²) in [5.74, 6) is 1.14. The minimum atomic E-state index is 0.480. The number of benzene rings is 1. The van der Waals surface area contributed by atoms with Gasteiger partial charge in [-0.2, -0.15) is 10.1 Å². The van der Waals surface area contributed by atoms with E-state index in [-0.39, 0.29) is 0 Å². The summed E-state index contributed by atoms with van der Waals surface area (Å²) in [5, 5.41) is 14.0. The third-order valence-electron chi connectivity index (χ3n) is 2.74. The fourth-order valence-corrected chi connectivity index (χ4v) is 1.57. The van der Waals surface area contributed by atoms with E-state index < -0.39 is 0 Å². The van der Waals surface area contributed by atoms with Gasteiger partial charge in [-0.3, -0.25) is 0 Å². The molecule has 2 aromatic rings. The lowest BCUT2D eigenvalue weighted by Gasteiger charge is -2.08. The maximum Gasteiger partial charge on any atom is 0.244 e. The van der Waals surface area contributed by atoms with Crippen molar-refractivity contribution in [2.24, 2.45) is 0 Å². The lowest BCUT2D eigenvalue weighted by Crippen LogP contribution is -2.06. The van der Waals surface area contributed by atoms with Gasteiger partial charge < -0.3 is 10.6 Å². The topological polar surface area (TPSA) is 62.7 Å². The Morgan fingerprint density at radius 2 is 2.11 bits per heavy atom. The number of anilines is 3. The predicted molar refractivity (Wildman–Crippen MR) is 77.7 cm³/mol. The molecule has 1 heterocycles. The van der Waals surface area contributed by atoms with Gasteiger partial charge in [-0.1, -0.05) is 12.1 Å². The Balaban J connectivity index is 2.13. The first kappa shape index (κ1) is 13.0. The van der Waals surface area contributed by atoms with E-state index in [2.05, 4.69) is 58.4 Å². The molecule has 5 nitrogen and oxygen atoms in total. The van der Waals surface area contributed by atoms with Gasteiger partial charge in [0.2, 0.25) is 5.95 Å². The number of hydrogen-bond acceptors (Lipinski definition) is 5. The molecule has 0 radical (unpaired) electrons. The highest BCUT2D eigenvalue weighted by molar-refractivity contribution is 5.58. The van der Waals surface area contributed by atoms with Gasteiger partial charge >= 0.3 is 0 Å². The first-order valence-electron chi connectivity index (χ1n) is 6.08. The van der Waals surface area contributed by atoms with Gasteiger partial charge in [-0.25, -0.2) is 0 Å². The minimum absolute atomic E-state index is 0.480. The van der Waals surface area contributed by atoms with Crippen LogP contribution in [-0.4, -0.2) is 21.7 Å². The first-order chi connectivity index (χ1) is 9.19. The van der Waals surface area contributed by atoms with Crippen molar-refractivity contribution in [3.8, 4) is 0 Å². The fraction of sp³-hybridized carbons (Fsp3) is 0.214. The number of aromatic nitrogens is 3. The molecule has 0 spiro atoms. The molecule has 1 aromatic carbocycles. The van der Waals surface area contributed by atoms with Gasteiger partial charge in [-0.15, -0.1) is 11.7 Å². The molecule has 0 fully saturated rings. The second-order valence-corrected chi connectivity index (χ2v) is 4.26. The largest absolute Gasteiger partial charge is 0.349 e. The highest BCUT2D eigenvalue weighted by Crippen LogP contribution is 2.18. The van der Waals surface area contributed by atoms with Crippen LogP contribution in [0, 0.1) is 13.8 Å². The zero-order valence-electron chi connectivity index (χ0n) is 11.1. The molecule has 0 saturated heterocycles. The molecule has 0 amide bonds. The third kappa shape index (κ3) is 3.51. The van der Waals surface area contributed by atoms with Crippen LogP contribution in [0.1, 0.15) is 11.1 Å². The van der Waals surface area contributed by atoms with Crippen molar-refractivity contribution < 1.29 is 0 Å². The van der Waals surface area contributed by atoms with Gasteiger partial charge in [0, 0.05) is 12.2 Å². The van der Waals surface area contributed by atoms with E-state index in [1.54, 1.807) is 12.3 Å². The van der Waals surface area contributed by atoms with Gasteiger partial charge in [0.05, 0.1) is 6.20 Å². The van der Waals surface area contributed by atoms with Crippen LogP contribution < -0.4 is 10.6 Å². The number of aryl methyl sites for hydroxylation is 2. The average Bonchev–Trinajstić information content (AvgIpc) is 2.41. The number of rotatable bonds is 5. The summed E-state index contributed by atoms with van der Waals surface area (Å²) in [4.78, 5) is 4.31. The molecule has 0 aliphatic rings. The summed E-state index contributed by atoms with van der Waals surface area (Å²) in [6.45, 7) is 8.40. The Labute approximate surface area is 112 Å². The highest BCUT2D eigenvalue weighted by Gasteiger charge is 2.01. The van der Waals surface area contributed by atoms with Crippen molar-refractivity contribution in [2.75, 3.05) is 17.2 Å². The summed E-state index contributed by atoms with van der Waals surface area (Å²) in [5.41, 5.74) is 3.48. The van der Waals surface area contributed by atoms with Crippen molar-refractivity contribution in [1.82, 2.24) is 15.2 Å². The lowest BCUT2D eigenvalue weighted by molar-refractivity contribution is 0.968. The molecule has 19 heavy (non-hydrogen) atoms. The molecule has 0 unspecified atom stereocenters. The van der Waals surface area contributed by atoms with Crippen LogP contribution in [0.3, 0.4) is 0 Å². The van der Waals surface area contributed by atoms with E-state index in [0.29, 0.717) is 18.3 Å². The molecular weight excluding hydrogens is 238 g/mol. The zero-order valence-corrected chi connectivity index (χ0v) is 11.1. The van der Waals surface area contributed by atoms with Crippen molar-refractivity contribution in [1.29, 1.82) is 0 Å². The second kappa shape index (κ2) is 5.95. The quantitative estimate of drug-likeness (QED) is 0.804. The molecule has 98 valence electrons. The summed E-state index contributed by atoms with van der Waals surface area (Å²) >= 11 is 0. The van der Waals surface area contributed by atoms with Gasteiger partial charge in [-0.05, 0) is 37.1 Å². The first-order valence-corrected chi connectivity index (χ1v) is 6.08. The van der Waals surface area contributed by atoms with Crippen molar-refractivity contribution in [3.05, 3.63) is 48.2 Å². The van der Waals surface area contributed by atoms with Gasteiger partial charge in [0.1, 0.15) is 0 Å². The van der Waals surface area contributed by atoms with Crippen molar-refractivity contribution in [3.63, 3.8) is 0 Å². The van der Waals surface area contributed by atoms with Crippen molar-refractivity contribution in [2.45, 2.75) is 13.8 Å². The van der Waals surface area contributed by atoms with E-state index >= 15 is 0 Å². The molecule has 0 aliphatic heterocycles. The van der Waals surface area contributed by atoms with Crippen LogP contribution in [0.25, 0.3) is 0 Å². The van der Waals surface area contributed by atoms with Crippen LogP contribution in [0.5, 0.6) is 0 Å². The number of hydrogen-bond donors (Lipinski definition) is 2. The van der Waals surface area contributed by atoms with Crippen LogP contribution in [0.4, 0.5) is 17.5 Å². The summed E-state index contributed by atoms with van der Waals surface area (Å²) in [7, 11) is 0. The molecule has 0 aliphatic carbocycles. The molecule has 1 aromatic heterocycles. The molecular formula is C14H17N5. The fourth-order valence-electron chi connectivity index (χ4n) is 1.57. The maximum atomic E-state index is 4.31. The standard InChI is InChI=1S/C14H17N5/c1-4-7-15-14-18-13(9-16-19-14)17-12-6-5-10(2)11(3)8-12/h4-6,8-9H,1,7H2,2-3H3,(H2,15,17,18,19). The van der Waals surface area contributed by atoms with Crippen LogP contribution in [0.2, 0.25) is 0 Å². The third-order valence-corrected chi connectivity index (χ3v) is 2.74. The summed E-state index contributed by atoms with van der Waals surface area (Å²) in [6, 6.07) is 6.17. The Morgan fingerprint density at radius 3 is 2.84 bits per heavy atom. The second-order valence-electron chi connectivity index (χ2n) is 4.26. The van der Waals surface area contributed by atoms with Crippen LogP contribution in [0.15, 0.2) is 37.1 Å². The normalized spacial score (nSPS) is 10.0. The monoisotopic (exact) mass is 255 g/mol. The number of nitrogens with zero attached hydrogens (tertiary/aromatic N) is 3. The summed E-state index contributed by atoms with van der Waals surface area (Å²) in [6.07, 6.45) is 3.33. The molecule has 2 N–H and O–H groups in total. The SMILES string of the molecule is C=CCNc1nncc(Nc2ccc(C)c(C)c2)n1. The zero-order chi connectivity index (χ0) is 13.7. The Bertz CT molecular complexity index is 580. The van der Waals surface area contributed by atoms with E-state index in [1.807, 2.05) is 6.07 Å². The predicted octanol–water partition coefficient (Wildman–Crippen LogP) is 2.83. The molecule has 0 bridgehead atoms. The number of nitrogens with one attached hydrogen (secondary N) is 2. The van der Waals surface area contributed by atoms with Gasteiger partial charge in [0.25, 0.3) is 0 Å². The van der Waals surface area contributed by atoms with Crippen LogP contribution >= 0.6 is 0 Å².